The summed E-state index contributed by atoms with van der Waals surface area (Å²) < 4.78 is 6.16. The van der Waals surface area contributed by atoms with E-state index in [-0.39, 0.29) is 5.60 Å². The van der Waals surface area contributed by atoms with Crippen LogP contribution in [0.25, 0.3) is 0 Å². The first-order valence-electron chi connectivity index (χ1n) is 8.22. The van der Waals surface area contributed by atoms with Crippen molar-refractivity contribution in [1.82, 2.24) is 4.90 Å². The summed E-state index contributed by atoms with van der Waals surface area (Å²) in [6, 6.07) is 9.56. The Bertz CT molecular complexity index is 500. The molecule has 1 heterocycles. The number of hydrogen-bond donors (Lipinski definition) is 1. The second kappa shape index (κ2) is 5.62. The van der Waals surface area contributed by atoms with Crippen molar-refractivity contribution in [3.8, 4) is 5.75 Å². The van der Waals surface area contributed by atoms with Gasteiger partial charge < -0.3 is 10.5 Å². The number of nitrogens with zero attached hydrogens (tertiary/aromatic N) is 1. The van der Waals surface area contributed by atoms with Crippen molar-refractivity contribution >= 4 is 0 Å². The molecule has 3 rings (SSSR count). The molecule has 1 fully saturated rings. The number of benzene rings is 1. The van der Waals surface area contributed by atoms with Gasteiger partial charge in [-0.15, -0.1) is 0 Å². The van der Waals surface area contributed by atoms with Crippen LogP contribution in [0.2, 0.25) is 0 Å². The largest absolute Gasteiger partial charge is 0.487 e. The molecule has 1 aromatic carbocycles. The lowest BCUT2D eigenvalue weighted by Gasteiger charge is -2.44. The molecular formula is C18H28N2O. The third kappa shape index (κ3) is 2.82. The van der Waals surface area contributed by atoms with Crippen LogP contribution in [0.5, 0.6) is 5.75 Å². The quantitative estimate of drug-likeness (QED) is 0.927. The normalized spacial score (nSPS) is 31.0. The molecule has 0 spiro atoms. The van der Waals surface area contributed by atoms with Crippen LogP contribution in [0.3, 0.4) is 0 Å². The highest BCUT2D eigenvalue weighted by Gasteiger charge is 2.40. The number of ether oxygens (including phenoxy) is 1. The predicted molar refractivity (Wildman–Crippen MR) is 86.5 cm³/mol. The molecule has 2 N–H and O–H groups in total. The maximum Gasteiger partial charge on any atom is 0.124 e. The average Bonchev–Trinajstić information content (AvgIpc) is 2.93. The first-order chi connectivity index (χ1) is 10.0. The van der Waals surface area contributed by atoms with Crippen molar-refractivity contribution in [1.29, 1.82) is 0 Å². The van der Waals surface area contributed by atoms with Gasteiger partial charge in [-0.1, -0.05) is 24.6 Å². The fourth-order valence-electron chi connectivity index (χ4n) is 4.19. The van der Waals surface area contributed by atoms with E-state index in [4.69, 9.17) is 10.5 Å². The van der Waals surface area contributed by atoms with E-state index in [1.165, 1.54) is 24.8 Å². The second-order valence-electron chi connectivity index (χ2n) is 7.28. The lowest BCUT2D eigenvalue weighted by atomic mass is 9.87. The zero-order valence-corrected chi connectivity index (χ0v) is 13.5. The van der Waals surface area contributed by atoms with Crippen molar-refractivity contribution in [3.05, 3.63) is 29.8 Å². The molecule has 21 heavy (non-hydrogen) atoms. The van der Waals surface area contributed by atoms with Gasteiger partial charge in [-0.2, -0.15) is 0 Å². The molecule has 2 aliphatic rings. The SMILES string of the molecule is CN(C1CC(C)(C)Oc2ccccc21)C1CCCC1CN. The first-order valence-corrected chi connectivity index (χ1v) is 8.22. The molecular weight excluding hydrogens is 260 g/mol. The molecule has 0 bridgehead atoms. The molecule has 3 atom stereocenters. The van der Waals surface area contributed by atoms with E-state index in [1.807, 2.05) is 0 Å². The minimum atomic E-state index is -0.107. The Labute approximate surface area is 128 Å². The van der Waals surface area contributed by atoms with E-state index in [9.17, 15) is 0 Å². The maximum absolute atomic E-state index is 6.16. The smallest absolute Gasteiger partial charge is 0.124 e. The Hall–Kier alpha value is -1.06. The number of nitrogens with two attached hydrogens (primary N) is 1. The van der Waals surface area contributed by atoms with Crippen LogP contribution in [0, 0.1) is 5.92 Å². The van der Waals surface area contributed by atoms with Crippen LogP contribution in [-0.4, -0.2) is 30.1 Å². The van der Waals surface area contributed by atoms with Gasteiger partial charge in [0, 0.05) is 24.1 Å². The predicted octanol–water partition coefficient (Wildman–Crippen LogP) is 3.35. The van der Waals surface area contributed by atoms with Crippen molar-refractivity contribution < 1.29 is 4.74 Å². The highest BCUT2D eigenvalue weighted by Crippen LogP contribution is 2.44. The molecule has 0 radical (unpaired) electrons. The van der Waals surface area contributed by atoms with Crippen LogP contribution in [0.1, 0.15) is 51.1 Å². The molecule has 0 aromatic heterocycles. The fourth-order valence-corrected chi connectivity index (χ4v) is 4.19. The average molecular weight is 288 g/mol. The van der Waals surface area contributed by atoms with Crippen molar-refractivity contribution in [3.63, 3.8) is 0 Å². The van der Waals surface area contributed by atoms with Gasteiger partial charge in [0.15, 0.2) is 0 Å². The standard InChI is InChI=1S/C18H28N2O/c1-18(2)11-16(14-8-4-5-10-17(14)21-18)20(3)15-9-6-7-13(15)12-19/h4-5,8,10,13,15-16H,6-7,9,11-12,19H2,1-3H3. The molecule has 1 saturated carbocycles. The van der Waals surface area contributed by atoms with E-state index in [1.54, 1.807) is 0 Å². The summed E-state index contributed by atoms with van der Waals surface area (Å²) in [5, 5.41) is 0. The van der Waals surface area contributed by atoms with Crippen molar-refractivity contribution in [2.24, 2.45) is 11.7 Å². The number of rotatable bonds is 3. The van der Waals surface area contributed by atoms with Gasteiger partial charge in [0.2, 0.25) is 0 Å². The fraction of sp³-hybridized carbons (Fsp3) is 0.667. The van der Waals surface area contributed by atoms with Gasteiger partial charge in [0.05, 0.1) is 0 Å². The Morgan fingerprint density at radius 1 is 1.29 bits per heavy atom. The van der Waals surface area contributed by atoms with E-state index >= 15 is 0 Å². The molecule has 1 aliphatic heterocycles. The van der Waals surface area contributed by atoms with Crippen LogP contribution >= 0.6 is 0 Å². The molecule has 1 aliphatic carbocycles. The highest BCUT2D eigenvalue weighted by atomic mass is 16.5. The number of hydrogen-bond acceptors (Lipinski definition) is 3. The Morgan fingerprint density at radius 3 is 2.81 bits per heavy atom. The molecule has 3 heteroatoms. The van der Waals surface area contributed by atoms with Gasteiger partial charge in [-0.05, 0) is 52.3 Å². The van der Waals surface area contributed by atoms with Crippen molar-refractivity contribution in [2.75, 3.05) is 13.6 Å². The number of para-hydroxylation sites is 1. The summed E-state index contributed by atoms with van der Waals surface area (Å²) in [5.74, 6) is 1.70. The molecule has 0 saturated heterocycles. The summed E-state index contributed by atoms with van der Waals surface area (Å²) in [4.78, 5) is 2.58. The van der Waals surface area contributed by atoms with Gasteiger partial charge in [0.25, 0.3) is 0 Å². The van der Waals surface area contributed by atoms with E-state index < -0.39 is 0 Å². The van der Waals surface area contributed by atoms with Crippen LogP contribution in [-0.2, 0) is 0 Å². The molecule has 116 valence electrons. The van der Waals surface area contributed by atoms with Gasteiger partial charge in [0.1, 0.15) is 11.4 Å². The van der Waals surface area contributed by atoms with E-state index in [0.29, 0.717) is 18.0 Å². The summed E-state index contributed by atoms with van der Waals surface area (Å²) in [7, 11) is 2.28. The molecule has 1 aromatic rings. The minimum Gasteiger partial charge on any atom is -0.487 e. The minimum absolute atomic E-state index is 0.107. The first kappa shape index (κ1) is 14.9. The maximum atomic E-state index is 6.16. The van der Waals surface area contributed by atoms with Crippen LogP contribution in [0.15, 0.2) is 24.3 Å². The van der Waals surface area contributed by atoms with Crippen LogP contribution < -0.4 is 10.5 Å². The molecule has 3 nitrogen and oxygen atoms in total. The Kier molecular flexibility index (Phi) is 3.98. The molecule has 3 unspecified atom stereocenters. The zero-order valence-electron chi connectivity index (χ0n) is 13.5. The summed E-state index contributed by atoms with van der Waals surface area (Å²) in [6.45, 7) is 5.20. The second-order valence-corrected chi connectivity index (χ2v) is 7.28. The zero-order chi connectivity index (χ0) is 15.0. The van der Waals surface area contributed by atoms with Crippen molar-refractivity contribution in [2.45, 2.75) is 57.2 Å². The third-order valence-corrected chi connectivity index (χ3v) is 5.29. The topological polar surface area (TPSA) is 38.5 Å². The summed E-state index contributed by atoms with van der Waals surface area (Å²) >= 11 is 0. The monoisotopic (exact) mass is 288 g/mol. The van der Waals surface area contributed by atoms with E-state index in [0.717, 1.165) is 18.7 Å². The van der Waals surface area contributed by atoms with Gasteiger partial charge in [-0.25, -0.2) is 0 Å². The number of fused-ring (bicyclic) bond motifs is 1. The van der Waals surface area contributed by atoms with Gasteiger partial charge in [-0.3, -0.25) is 4.90 Å². The van der Waals surface area contributed by atoms with Crippen LogP contribution in [0.4, 0.5) is 0 Å². The summed E-state index contributed by atoms with van der Waals surface area (Å²) in [6.07, 6.45) is 4.90. The Balaban J connectivity index is 1.90. The lowest BCUT2D eigenvalue weighted by molar-refractivity contribution is 0.0194. The highest BCUT2D eigenvalue weighted by molar-refractivity contribution is 5.38. The summed E-state index contributed by atoms with van der Waals surface area (Å²) in [5.41, 5.74) is 7.22. The third-order valence-electron chi connectivity index (χ3n) is 5.29. The van der Waals surface area contributed by atoms with Gasteiger partial charge >= 0.3 is 0 Å². The van der Waals surface area contributed by atoms with E-state index in [2.05, 4.69) is 50.1 Å². The molecule has 0 amide bonds. The lowest BCUT2D eigenvalue weighted by Crippen LogP contribution is -2.45. The Morgan fingerprint density at radius 2 is 2.05 bits per heavy atom.